The van der Waals surface area contributed by atoms with Crippen molar-refractivity contribution in [2.24, 2.45) is 0 Å². The van der Waals surface area contributed by atoms with E-state index >= 15 is 0 Å². The second-order valence-electron chi connectivity index (χ2n) is 16.4. The first-order valence-corrected chi connectivity index (χ1v) is 24.8. The molecule has 1 N–H and O–H groups in total. The average molecular weight is 784 g/mol. The summed E-state index contributed by atoms with van der Waals surface area (Å²) in [6, 6.07) is 0. The molecule has 7 heteroatoms. The summed E-state index contributed by atoms with van der Waals surface area (Å²) >= 11 is 0.950. The first kappa shape index (κ1) is 53.2. The molecule has 322 valence electrons. The van der Waals surface area contributed by atoms with Crippen LogP contribution in [0.2, 0.25) is 0 Å². The Labute approximate surface area is 341 Å². The zero-order valence-corrected chi connectivity index (χ0v) is 37.5. The Morgan fingerprint density at radius 1 is 0.444 bits per heavy atom. The molecule has 0 aromatic carbocycles. The number of ether oxygens (including phenoxy) is 2. The van der Waals surface area contributed by atoms with E-state index in [-0.39, 0.29) is 24.1 Å². The lowest BCUT2D eigenvalue weighted by Gasteiger charge is -2.22. The molecule has 0 spiro atoms. The number of carbonyl (C=O) groups excluding carboxylic acids is 2. The number of esters is 2. The molecular weight excluding hydrogens is 691 g/mol. The van der Waals surface area contributed by atoms with Crippen LogP contribution in [0.25, 0.3) is 0 Å². The minimum atomic E-state index is -0.00746. The van der Waals surface area contributed by atoms with Gasteiger partial charge in [-0.2, -0.15) is 0 Å². The van der Waals surface area contributed by atoms with E-state index in [1.807, 2.05) is 0 Å². The van der Waals surface area contributed by atoms with Crippen LogP contribution in [0.15, 0.2) is 0 Å². The normalized spacial score (nSPS) is 12.2. The predicted octanol–water partition coefficient (Wildman–Crippen LogP) is 15.1. The Bertz CT molecular complexity index is 767. The van der Waals surface area contributed by atoms with Gasteiger partial charge in [-0.05, 0) is 109 Å². The fourth-order valence-corrected chi connectivity index (χ4v) is 7.77. The lowest BCUT2D eigenvalue weighted by atomic mass is 10.0. The number of hydrogen-bond acceptors (Lipinski definition) is 7. The smallest absolute Gasteiger partial charge is 0.306 e. The van der Waals surface area contributed by atoms with Crippen LogP contribution in [0.1, 0.15) is 252 Å². The van der Waals surface area contributed by atoms with Crippen molar-refractivity contribution >= 4 is 24.0 Å². The van der Waals surface area contributed by atoms with Crippen LogP contribution in [0, 0.1) is 0 Å². The van der Waals surface area contributed by atoms with E-state index in [9.17, 15) is 14.1 Å². The van der Waals surface area contributed by atoms with Crippen molar-refractivity contribution in [3.63, 3.8) is 0 Å². The Morgan fingerprint density at radius 2 is 0.778 bits per heavy atom. The molecule has 0 heterocycles. The molecule has 0 rings (SSSR count). The highest BCUT2D eigenvalue weighted by Crippen LogP contribution is 2.19. The summed E-state index contributed by atoms with van der Waals surface area (Å²) in [5.41, 5.74) is 0. The van der Waals surface area contributed by atoms with Crippen molar-refractivity contribution in [2.45, 2.75) is 265 Å². The summed E-state index contributed by atoms with van der Waals surface area (Å²) in [4.78, 5) is 27.7. The van der Waals surface area contributed by atoms with Crippen molar-refractivity contribution in [1.29, 1.82) is 0 Å². The van der Waals surface area contributed by atoms with Gasteiger partial charge in [-0.25, -0.2) is 0 Å². The van der Waals surface area contributed by atoms with Crippen LogP contribution in [-0.4, -0.2) is 59.0 Å². The Morgan fingerprint density at radius 3 is 1.19 bits per heavy atom. The van der Waals surface area contributed by atoms with Gasteiger partial charge in [0.05, 0.1) is 0 Å². The van der Waals surface area contributed by atoms with E-state index in [2.05, 4.69) is 32.6 Å². The minimum absolute atomic E-state index is 0.00746. The van der Waals surface area contributed by atoms with E-state index in [1.54, 1.807) is 0 Å². The third-order valence-corrected chi connectivity index (χ3v) is 11.6. The summed E-state index contributed by atoms with van der Waals surface area (Å²) in [5, 5.41) is 0. The maximum atomic E-state index is 12.8. The van der Waals surface area contributed by atoms with E-state index in [0.717, 1.165) is 95.2 Å². The third kappa shape index (κ3) is 38.1. The third-order valence-electron chi connectivity index (χ3n) is 11.1. The monoisotopic (exact) mass is 784 g/mol. The highest BCUT2D eigenvalue weighted by Gasteiger charge is 2.15. The molecule has 0 aromatic heterocycles. The average Bonchev–Trinajstić information content (AvgIpc) is 3.17. The number of nitrogens with zero attached hydrogens (tertiary/aromatic N) is 1. The van der Waals surface area contributed by atoms with Gasteiger partial charge in [0.15, 0.2) is 0 Å². The van der Waals surface area contributed by atoms with E-state index in [4.69, 9.17) is 9.47 Å². The van der Waals surface area contributed by atoms with Crippen molar-refractivity contribution in [3.05, 3.63) is 0 Å². The maximum absolute atomic E-state index is 12.8. The van der Waals surface area contributed by atoms with Crippen molar-refractivity contribution in [1.82, 2.24) is 4.90 Å². The molecular formula is C47H93NO5S. The molecule has 0 aliphatic heterocycles. The highest BCUT2D eigenvalue weighted by molar-refractivity contribution is 7.93. The summed E-state index contributed by atoms with van der Waals surface area (Å²) in [5.74, 6) is 0.806. The van der Waals surface area contributed by atoms with Gasteiger partial charge in [-0.1, -0.05) is 163 Å². The van der Waals surface area contributed by atoms with Crippen LogP contribution in [-0.2, 0) is 19.1 Å². The Hall–Kier alpha value is -0.790. The molecule has 6 nitrogen and oxygen atoms in total. The van der Waals surface area contributed by atoms with E-state index in [0.29, 0.717) is 12.8 Å². The van der Waals surface area contributed by atoms with Crippen molar-refractivity contribution in [2.75, 3.05) is 25.4 Å². The number of carbonyl (C=O) groups is 2. The highest BCUT2D eigenvalue weighted by atomic mass is 32.2. The van der Waals surface area contributed by atoms with E-state index in [1.165, 1.54) is 154 Å². The molecule has 0 aliphatic rings. The number of hydrogen-bond donors (Lipinski definition) is 1. The van der Waals surface area contributed by atoms with Crippen LogP contribution < -0.4 is 0 Å². The van der Waals surface area contributed by atoms with Gasteiger partial charge in [0, 0.05) is 18.6 Å². The molecule has 0 aliphatic carbocycles. The van der Waals surface area contributed by atoms with Crippen LogP contribution in [0.3, 0.4) is 0 Å². The van der Waals surface area contributed by atoms with Crippen LogP contribution in [0.5, 0.6) is 0 Å². The number of rotatable bonds is 44. The summed E-state index contributed by atoms with van der Waals surface area (Å²) in [6.45, 7) is 12.2. The minimum Gasteiger partial charge on any atom is -0.462 e. The molecule has 0 saturated carbocycles. The van der Waals surface area contributed by atoms with Gasteiger partial charge in [-0.3, -0.25) is 9.59 Å². The second kappa shape index (κ2) is 43.3. The molecule has 0 fully saturated rings. The van der Waals surface area contributed by atoms with Gasteiger partial charge >= 0.3 is 11.9 Å². The fourth-order valence-electron chi connectivity index (χ4n) is 7.51. The summed E-state index contributed by atoms with van der Waals surface area (Å²) in [6.07, 6.45) is 40.6. The van der Waals surface area contributed by atoms with Gasteiger partial charge in [-0.15, -0.1) is 0 Å². The Balaban J connectivity index is 4.19. The van der Waals surface area contributed by atoms with Crippen LogP contribution in [0.4, 0.5) is 0 Å². The first-order chi connectivity index (χ1) is 26.5. The zero-order valence-electron chi connectivity index (χ0n) is 36.7. The molecule has 0 aromatic rings. The lowest BCUT2D eigenvalue weighted by Crippen LogP contribution is -2.27. The Kier molecular flexibility index (Phi) is 42.7. The topological polar surface area (TPSA) is 76.1 Å². The van der Waals surface area contributed by atoms with E-state index < -0.39 is 0 Å². The summed E-state index contributed by atoms with van der Waals surface area (Å²) < 4.78 is 21.0. The van der Waals surface area contributed by atoms with Crippen molar-refractivity contribution < 1.29 is 23.6 Å². The van der Waals surface area contributed by atoms with Gasteiger partial charge < -0.3 is 18.9 Å². The molecule has 0 amide bonds. The molecule has 54 heavy (non-hydrogen) atoms. The largest absolute Gasteiger partial charge is 0.462 e. The number of unbranched alkanes of at least 4 members (excludes halogenated alkanes) is 23. The molecule has 0 radical (unpaired) electrons. The molecule has 0 saturated heterocycles. The quantitative estimate of drug-likeness (QED) is 0.0375. The summed E-state index contributed by atoms with van der Waals surface area (Å²) in [7, 11) is 0. The fraction of sp³-hybridized carbons (Fsp3) is 0.957. The zero-order chi connectivity index (χ0) is 39.6. The molecule has 1 atom stereocenters. The van der Waals surface area contributed by atoms with Gasteiger partial charge in [0.25, 0.3) is 0 Å². The predicted molar refractivity (Wildman–Crippen MR) is 236 cm³/mol. The standard InChI is InChI=1S/C47H93NO5S/c1-5-9-12-15-20-27-35-44(8-4)52-46(49)38-30-23-18-25-32-40-48(42-34-43-54-51)41-33-26-19-24-31-39-47(50)53-45(36-28-21-16-13-10-6-2)37-29-22-17-14-11-7-3/h44-45,51H,5-43H2,1-4H3. The van der Waals surface area contributed by atoms with Gasteiger partial charge in [0.1, 0.15) is 12.2 Å². The maximum Gasteiger partial charge on any atom is 0.306 e. The van der Waals surface area contributed by atoms with Gasteiger partial charge in [0.2, 0.25) is 0 Å². The lowest BCUT2D eigenvalue weighted by molar-refractivity contribution is -0.150. The first-order valence-electron chi connectivity index (χ1n) is 23.9. The second-order valence-corrected chi connectivity index (χ2v) is 17.0. The van der Waals surface area contributed by atoms with Crippen LogP contribution >= 0.6 is 12.0 Å². The molecule has 1 unspecified atom stereocenters. The molecule has 0 bridgehead atoms. The SMILES string of the molecule is CCCCCCCCC(CC)OC(=O)CCCCCCCN(CCCCCCCC(=O)OC(CCCCCCCC)CCCCCCCC)CCCSO. The van der Waals surface area contributed by atoms with Crippen molar-refractivity contribution in [3.8, 4) is 0 Å².